The average molecular weight is 203 g/mol. The van der Waals surface area contributed by atoms with Crippen LogP contribution in [0.4, 0.5) is 5.82 Å². The smallest absolute Gasteiger partial charge is 0.124 e. The molecule has 0 spiro atoms. The Morgan fingerprint density at radius 3 is 2.80 bits per heavy atom. The maximum absolute atomic E-state index is 5.63. The molecule has 0 atom stereocenters. The number of anilines is 1. The van der Waals surface area contributed by atoms with Gasteiger partial charge in [-0.15, -0.1) is 5.10 Å². The van der Waals surface area contributed by atoms with Crippen LogP contribution in [0, 0.1) is 0 Å². The predicted octanol–water partition coefficient (Wildman–Crippen LogP) is 1.50. The lowest BCUT2D eigenvalue weighted by molar-refractivity contribution is 0.518. The number of pyridine rings is 1. The Balaban J connectivity index is 2.49. The minimum Gasteiger partial charge on any atom is -0.384 e. The fourth-order valence-electron chi connectivity index (χ4n) is 1.40. The molecule has 2 rings (SSSR count). The van der Waals surface area contributed by atoms with Crippen molar-refractivity contribution in [3.8, 4) is 11.4 Å². The third kappa shape index (κ3) is 1.81. The summed E-state index contributed by atoms with van der Waals surface area (Å²) < 4.78 is 1.82. The molecular formula is C10H13N5. The Morgan fingerprint density at radius 1 is 1.33 bits per heavy atom. The van der Waals surface area contributed by atoms with Crippen LogP contribution in [-0.2, 0) is 0 Å². The van der Waals surface area contributed by atoms with Crippen LogP contribution >= 0.6 is 0 Å². The zero-order valence-corrected chi connectivity index (χ0v) is 8.75. The molecule has 0 radical (unpaired) electrons. The fourth-order valence-corrected chi connectivity index (χ4v) is 1.40. The van der Waals surface area contributed by atoms with E-state index in [9.17, 15) is 0 Å². The van der Waals surface area contributed by atoms with E-state index in [4.69, 9.17) is 5.73 Å². The van der Waals surface area contributed by atoms with Crippen LogP contribution in [0.25, 0.3) is 11.4 Å². The highest BCUT2D eigenvalue weighted by Crippen LogP contribution is 2.19. The van der Waals surface area contributed by atoms with Crippen molar-refractivity contribution in [3.63, 3.8) is 0 Å². The summed E-state index contributed by atoms with van der Waals surface area (Å²) in [5.74, 6) is 0.504. The van der Waals surface area contributed by atoms with Crippen molar-refractivity contribution in [2.45, 2.75) is 19.9 Å². The van der Waals surface area contributed by atoms with Crippen LogP contribution in [0.1, 0.15) is 19.9 Å². The molecular weight excluding hydrogens is 190 g/mol. The maximum Gasteiger partial charge on any atom is 0.124 e. The Kier molecular flexibility index (Phi) is 2.37. The molecule has 2 aromatic heterocycles. The van der Waals surface area contributed by atoms with Crippen molar-refractivity contribution in [2.24, 2.45) is 0 Å². The predicted molar refractivity (Wildman–Crippen MR) is 58.1 cm³/mol. The highest BCUT2D eigenvalue weighted by molar-refractivity contribution is 5.55. The van der Waals surface area contributed by atoms with Crippen LogP contribution in [0.15, 0.2) is 24.4 Å². The van der Waals surface area contributed by atoms with E-state index in [0.29, 0.717) is 5.82 Å². The fraction of sp³-hybridized carbons (Fsp3) is 0.300. The molecule has 78 valence electrons. The highest BCUT2D eigenvalue weighted by Gasteiger charge is 2.10. The molecule has 0 fully saturated rings. The molecule has 0 saturated carbocycles. The van der Waals surface area contributed by atoms with E-state index in [1.807, 2.05) is 30.7 Å². The lowest BCUT2D eigenvalue weighted by Crippen LogP contribution is -2.06. The third-order valence-corrected chi connectivity index (χ3v) is 2.10. The SMILES string of the molecule is CC(C)n1nncc1-c1cccc(N)n1. The molecule has 0 bridgehead atoms. The van der Waals surface area contributed by atoms with Gasteiger partial charge in [-0.05, 0) is 26.0 Å². The van der Waals surface area contributed by atoms with Crippen molar-refractivity contribution in [3.05, 3.63) is 24.4 Å². The first kappa shape index (κ1) is 9.64. The number of rotatable bonds is 2. The van der Waals surface area contributed by atoms with E-state index in [1.165, 1.54) is 0 Å². The van der Waals surface area contributed by atoms with E-state index >= 15 is 0 Å². The second-order valence-electron chi connectivity index (χ2n) is 3.61. The summed E-state index contributed by atoms with van der Waals surface area (Å²) in [4.78, 5) is 4.24. The van der Waals surface area contributed by atoms with Gasteiger partial charge in [0, 0.05) is 6.04 Å². The molecule has 5 heteroatoms. The molecule has 0 aromatic carbocycles. The van der Waals surface area contributed by atoms with Crippen molar-refractivity contribution in [1.29, 1.82) is 0 Å². The van der Waals surface area contributed by atoms with Crippen molar-refractivity contribution >= 4 is 5.82 Å². The molecule has 0 saturated heterocycles. The van der Waals surface area contributed by atoms with Gasteiger partial charge in [-0.3, -0.25) is 0 Å². The van der Waals surface area contributed by atoms with Crippen LogP contribution in [-0.4, -0.2) is 20.0 Å². The number of hydrogen-bond donors (Lipinski definition) is 1. The Morgan fingerprint density at radius 2 is 2.13 bits per heavy atom. The second kappa shape index (κ2) is 3.68. The van der Waals surface area contributed by atoms with Gasteiger partial charge < -0.3 is 5.73 Å². The van der Waals surface area contributed by atoms with Crippen LogP contribution in [0.3, 0.4) is 0 Å². The molecule has 2 aromatic rings. The van der Waals surface area contributed by atoms with Gasteiger partial charge in [0.25, 0.3) is 0 Å². The molecule has 2 N–H and O–H groups in total. The standard InChI is InChI=1S/C10H13N5/c1-7(2)15-9(6-12-14-15)8-4-3-5-10(11)13-8/h3-7H,1-2H3,(H2,11,13). The molecule has 0 aliphatic rings. The van der Waals surface area contributed by atoms with E-state index in [2.05, 4.69) is 15.3 Å². The summed E-state index contributed by atoms with van der Waals surface area (Å²) in [6, 6.07) is 5.78. The molecule has 5 nitrogen and oxygen atoms in total. The van der Waals surface area contributed by atoms with E-state index < -0.39 is 0 Å². The summed E-state index contributed by atoms with van der Waals surface area (Å²) >= 11 is 0. The number of hydrogen-bond acceptors (Lipinski definition) is 4. The monoisotopic (exact) mass is 203 g/mol. The zero-order chi connectivity index (χ0) is 10.8. The number of nitrogens with two attached hydrogens (primary N) is 1. The van der Waals surface area contributed by atoms with Crippen LogP contribution in [0.5, 0.6) is 0 Å². The summed E-state index contributed by atoms with van der Waals surface area (Å²) in [5, 5.41) is 7.89. The summed E-state index contributed by atoms with van der Waals surface area (Å²) in [6.07, 6.45) is 1.70. The average Bonchev–Trinajstić information content (AvgIpc) is 2.65. The van der Waals surface area contributed by atoms with Crippen LogP contribution in [0.2, 0.25) is 0 Å². The molecule has 0 aliphatic carbocycles. The van der Waals surface area contributed by atoms with Gasteiger partial charge >= 0.3 is 0 Å². The maximum atomic E-state index is 5.63. The topological polar surface area (TPSA) is 69.6 Å². The first-order chi connectivity index (χ1) is 7.18. The summed E-state index contributed by atoms with van der Waals surface area (Å²) in [5.41, 5.74) is 7.32. The second-order valence-corrected chi connectivity index (χ2v) is 3.61. The van der Waals surface area contributed by atoms with Gasteiger partial charge in [0.05, 0.1) is 11.9 Å². The molecule has 2 heterocycles. The van der Waals surface area contributed by atoms with Gasteiger partial charge in [-0.1, -0.05) is 11.3 Å². The Hall–Kier alpha value is -1.91. The number of nitrogens with zero attached hydrogens (tertiary/aromatic N) is 4. The van der Waals surface area contributed by atoms with Gasteiger partial charge in [0.1, 0.15) is 11.5 Å². The largest absolute Gasteiger partial charge is 0.384 e. The minimum absolute atomic E-state index is 0.255. The third-order valence-electron chi connectivity index (χ3n) is 2.10. The quantitative estimate of drug-likeness (QED) is 0.803. The van der Waals surface area contributed by atoms with Gasteiger partial charge in [-0.2, -0.15) is 0 Å². The molecule has 15 heavy (non-hydrogen) atoms. The normalized spacial score (nSPS) is 10.9. The lowest BCUT2D eigenvalue weighted by atomic mass is 10.2. The van der Waals surface area contributed by atoms with E-state index in [0.717, 1.165) is 11.4 Å². The highest BCUT2D eigenvalue weighted by atomic mass is 15.4. The summed E-state index contributed by atoms with van der Waals surface area (Å²) in [6.45, 7) is 4.09. The van der Waals surface area contributed by atoms with Crippen molar-refractivity contribution in [2.75, 3.05) is 5.73 Å². The molecule has 0 amide bonds. The van der Waals surface area contributed by atoms with E-state index in [1.54, 1.807) is 12.3 Å². The van der Waals surface area contributed by atoms with Crippen LogP contribution < -0.4 is 5.73 Å². The first-order valence-electron chi connectivity index (χ1n) is 4.81. The lowest BCUT2D eigenvalue weighted by Gasteiger charge is -2.08. The minimum atomic E-state index is 0.255. The molecule has 0 unspecified atom stereocenters. The number of nitrogen functional groups attached to an aromatic ring is 1. The van der Waals surface area contributed by atoms with E-state index in [-0.39, 0.29) is 6.04 Å². The van der Waals surface area contributed by atoms with Crippen molar-refractivity contribution < 1.29 is 0 Å². The Bertz CT molecular complexity index is 460. The first-order valence-corrected chi connectivity index (χ1v) is 4.81. The number of aromatic nitrogens is 4. The Labute approximate surface area is 87.9 Å². The van der Waals surface area contributed by atoms with Crippen molar-refractivity contribution in [1.82, 2.24) is 20.0 Å². The zero-order valence-electron chi connectivity index (χ0n) is 8.75. The van der Waals surface area contributed by atoms with Gasteiger partial charge in [0.2, 0.25) is 0 Å². The van der Waals surface area contributed by atoms with Gasteiger partial charge in [-0.25, -0.2) is 9.67 Å². The molecule has 0 aliphatic heterocycles. The summed E-state index contributed by atoms with van der Waals surface area (Å²) in [7, 11) is 0. The van der Waals surface area contributed by atoms with Gasteiger partial charge in [0.15, 0.2) is 0 Å².